The van der Waals surface area contributed by atoms with Gasteiger partial charge in [-0.1, -0.05) is 146 Å². The molecule has 1 heteroatoms. The van der Waals surface area contributed by atoms with Crippen molar-refractivity contribution in [2.24, 2.45) is 5.92 Å². The molecule has 0 N–H and O–H groups in total. The van der Waals surface area contributed by atoms with Gasteiger partial charge >= 0.3 is 0 Å². The number of benzene rings is 4. The molecule has 0 fully saturated rings. The highest BCUT2D eigenvalue weighted by Crippen LogP contribution is 2.50. The summed E-state index contributed by atoms with van der Waals surface area (Å²) in [5, 5.41) is 4.26. The van der Waals surface area contributed by atoms with Gasteiger partial charge in [-0.15, -0.1) is 0 Å². The first-order valence-electron chi connectivity index (χ1n) is 11.0. The molecule has 1 atom stereocenters. The summed E-state index contributed by atoms with van der Waals surface area (Å²) in [4.78, 5) is 0. The van der Waals surface area contributed by atoms with Crippen LogP contribution in [0.1, 0.15) is 11.1 Å². The van der Waals surface area contributed by atoms with E-state index in [2.05, 4.69) is 146 Å². The minimum atomic E-state index is -0.606. The van der Waals surface area contributed by atoms with Crippen LogP contribution in [0.3, 0.4) is 0 Å². The summed E-state index contributed by atoms with van der Waals surface area (Å²) >= 11 is 0. The van der Waals surface area contributed by atoms with Crippen molar-refractivity contribution < 1.29 is 0 Å². The summed E-state index contributed by atoms with van der Waals surface area (Å²) < 4.78 is 0. The highest BCUT2D eigenvalue weighted by Gasteiger charge is 2.25. The zero-order chi connectivity index (χ0) is 21.6. The van der Waals surface area contributed by atoms with Gasteiger partial charge in [0.15, 0.2) is 0 Å². The maximum atomic E-state index is 2.45. The van der Waals surface area contributed by atoms with Gasteiger partial charge in [-0.2, -0.15) is 0 Å². The van der Waals surface area contributed by atoms with Crippen LogP contribution in [0.15, 0.2) is 151 Å². The topological polar surface area (TPSA) is 0 Å². The second-order valence-electron chi connectivity index (χ2n) is 7.82. The van der Waals surface area contributed by atoms with Gasteiger partial charge in [-0.3, -0.25) is 0 Å². The molecule has 1 aliphatic rings. The Morgan fingerprint density at radius 1 is 0.562 bits per heavy atom. The molecular weight excluding hydrogens is 403 g/mol. The predicted octanol–water partition coefficient (Wildman–Crippen LogP) is 7.32. The molecular formula is C31H25P. The number of rotatable bonds is 6. The lowest BCUT2D eigenvalue weighted by Crippen LogP contribution is -2.15. The molecule has 0 saturated heterocycles. The minimum Gasteiger partial charge on any atom is -0.0731 e. The van der Waals surface area contributed by atoms with Gasteiger partial charge < -0.3 is 0 Å². The Balaban J connectivity index is 1.60. The van der Waals surface area contributed by atoms with Gasteiger partial charge in [-0.05, 0) is 40.5 Å². The van der Waals surface area contributed by atoms with Crippen LogP contribution in [0.4, 0.5) is 0 Å². The second kappa shape index (κ2) is 9.77. The Morgan fingerprint density at radius 2 is 1.00 bits per heavy atom. The van der Waals surface area contributed by atoms with E-state index in [4.69, 9.17) is 0 Å². The molecule has 0 aliphatic heterocycles. The molecule has 0 saturated carbocycles. The van der Waals surface area contributed by atoms with Crippen LogP contribution >= 0.6 is 7.92 Å². The van der Waals surface area contributed by atoms with Gasteiger partial charge in [0.1, 0.15) is 0 Å². The fraction of sp³-hybridized carbons (Fsp3) is 0.0323. The van der Waals surface area contributed by atoms with E-state index < -0.39 is 7.92 Å². The standard InChI is InChI=1S/C31H25P/c1-5-14-25(15-6-1)30(26-16-7-2-8-17-26)24-27-18-13-23-31(27)32(28-19-9-3-10-20-28)29-21-11-4-12-22-29/h1-24,27H. The zero-order valence-corrected chi connectivity index (χ0v) is 18.8. The molecule has 1 unspecified atom stereocenters. The Hall–Kier alpha value is -3.47. The molecule has 5 rings (SSSR count). The Bertz CT molecular complexity index is 1160. The van der Waals surface area contributed by atoms with E-state index in [1.54, 1.807) is 0 Å². The lowest BCUT2D eigenvalue weighted by molar-refractivity contribution is 1.07. The fourth-order valence-electron chi connectivity index (χ4n) is 4.22. The Labute approximate surface area is 192 Å². The van der Waals surface area contributed by atoms with Gasteiger partial charge in [0.25, 0.3) is 0 Å². The van der Waals surface area contributed by atoms with Gasteiger partial charge in [-0.25, -0.2) is 0 Å². The summed E-state index contributed by atoms with van der Waals surface area (Å²) in [7, 11) is -0.606. The summed E-state index contributed by atoms with van der Waals surface area (Å²) in [6.45, 7) is 0. The number of hydrogen-bond donors (Lipinski definition) is 0. The van der Waals surface area contributed by atoms with Crippen LogP contribution in [-0.2, 0) is 0 Å². The highest BCUT2D eigenvalue weighted by molar-refractivity contribution is 7.76. The van der Waals surface area contributed by atoms with Crippen molar-refractivity contribution in [3.05, 3.63) is 162 Å². The Kier molecular flexibility index (Phi) is 6.24. The molecule has 0 radical (unpaired) electrons. The van der Waals surface area contributed by atoms with Crippen molar-refractivity contribution in [1.29, 1.82) is 0 Å². The van der Waals surface area contributed by atoms with Crippen LogP contribution in [0, 0.1) is 5.92 Å². The molecule has 0 nitrogen and oxygen atoms in total. The van der Waals surface area contributed by atoms with E-state index in [0.717, 1.165) is 0 Å². The van der Waals surface area contributed by atoms with Gasteiger partial charge in [0.05, 0.1) is 0 Å². The van der Waals surface area contributed by atoms with Crippen LogP contribution < -0.4 is 10.6 Å². The number of allylic oxidation sites excluding steroid dienone is 5. The summed E-state index contributed by atoms with van der Waals surface area (Å²) in [6.07, 6.45) is 9.34. The molecule has 32 heavy (non-hydrogen) atoms. The van der Waals surface area contributed by atoms with E-state index in [1.165, 1.54) is 32.6 Å². The van der Waals surface area contributed by atoms with E-state index in [1.807, 2.05) is 0 Å². The molecule has 0 spiro atoms. The van der Waals surface area contributed by atoms with Crippen molar-refractivity contribution in [2.75, 3.05) is 0 Å². The third kappa shape index (κ3) is 4.42. The fourth-order valence-corrected chi connectivity index (χ4v) is 6.75. The largest absolute Gasteiger partial charge is 0.0731 e. The minimum absolute atomic E-state index is 0.261. The van der Waals surface area contributed by atoms with E-state index in [0.29, 0.717) is 0 Å². The average Bonchev–Trinajstić information content (AvgIpc) is 3.33. The first-order chi connectivity index (χ1) is 15.9. The van der Waals surface area contributed by atoms with Crippen LogP contribution in [0.25, 0.3) is 5.57 Å². The van der Waals surface area contributed by atoms with Crippen molar-refractivity contribution in [1.82, 2.24) is 0 Å². The molecule has 0 amide bonds. The maximum Gasteiger partial charge on any atom is 0.0221 e. The summed E-state index contributed by atoms with van der Waals surface area (Å²) in [5.74, 6) is 0.261. The molecule has 0 heterocycles. The molecule has 1 aliphatic carbocycles. The zero-order valence-electron chi connectivity index (χ0n) is 17.9. The Morgan fingerprint density at radius 3 is 1.47 bits per heavy atom. The molecule has 0 bridgehead atoms. The molecule has 154 valence electrons. The van der Waals surface area contributed by atoms with Crippen molar-refractivity contribution in [2.45, 2.75) is 0 Å². The van der Waals surface area contributed by atoms with Crippen molar-refractivity contribution in [3.63, 3.8) is 0 Å². The lowest BCUT2D eigenvalue weighted by Gasteiger charge is -2.24. The van der Waals surface area contributed by atoms with Gasteiger partial charge in [0.2, 0.25) is 0 Å². The first kappa shape index (κ1) is 20.4. The lowest BCUT2D eigenvalue weighted by atomic mass is 9.94. The number of hydrogen-bond acceptors (Lipinski definition) is 0. The molecule has 4 aromatic rings. The van der Waals surface area contributed by atoms with Crippen molar-refractivity contribution in [3.8, 4) is 0 Å². The first-order valence-corrected chi connectivity index (χ1v) is 12.4. The molecule has 4 aromatic carbocycles. The highest BCUT2D eigenvalue weighted by atomic mass is 31.1. The smallest absolute Gasteiger partial charge is 0.0221 e. The third-order valence-corrected chi connectivity index (χ3v) is 8.32. The SMILES string of the molecule is C1=CC(C=C(c2ccccc2)c2ccccc2)C(P(c2ccccc2)c2ccccc2)=C1. The average molecular weight is 429 g/mol. The normalized spacial score (nSPS) is 14.9. The monoisotopic (exact) mass is 428 g/mol. The van der Waals surface area contributed by atoms with Gasteiger partial charge in [0, 0.05) is 5.92 Å². The molecule has 0 aromatic heterocycles. The second-order valence-corrected chi connectivity index (χ2v) is 10.0. The summed E-state index contributed by atoms with van der Waals surface area (Å²) in [5.41, 5.74) is 3.79. The predicted molar refractivity (Wildman–Crippen MR) is 140 cm³/mol. The van der Waals surface area contributed by atoms with Crippen LogP contribution in [-0.4, -0.2) is 0 Å². The van der Waals surface area contributed by atoms with E-state index in [9.17, 15) is 0 Å². The van der Waals surface area contributed by atoms with E-state index in [-0.39, 0.29) is 5.92 Å². The third-order valence-electron chi connectivity index (χ3n) is 5.73. The van der Waals surface area contributed by atoms with Crippen molar-refractivity contribution >= 4 is 24.1 Å². The van der Waals surface area contributed by atoms with Crippen LogP contribution in [0.5, 0.6) is 0 Å². The summed E-state index contributed by atoms with van der Waals surface area (Å²) in [6, 6.07) is 43.4. The van der Waals surface area contributed by atoms with E-state index >= 15 is 0 Å². The quantitative estimate of drug-likeness (QED) is 0.282. The van der Waals surface area contributed by atoms with Crippen LogP contribution in [0.2, 0.25) is 0 Å². The maximum absolute atomic E-state index is 2.45.